The topological polar surface area (TPSA) is 59.9 Å². The van der Waals surface area contributed by atoms with Crippen molar-refractivity contribution in [3.05, 3.63) is 106 Å². The Balaban J connectivity index is 1.30. The van der Waals surface area contributed by atoms with Crippen molar-refractivity contribution in [2.75, 3.05) is 25.0 Å². The number of hydrogen-bond donors (Lipinski definition) is 3. The van der Waals surface area contributed by atoms with E-state index in [4.69, 9.17) is 11.6 Å². The Bertz CT molecular complexity index is 1650. The molecule has 3 aromatic rings. The number of benzene rings is 3. The van der Waals surface area contributed by atoms with E-state index < -0.39 is 30.5 Å². The van der Waals surface area contributed by atoms with Crippen molar-refractivity contribution in [3.63, 3.8) is 0 Å². The fraction of sp³-hybridized carbons (Fsp3) is 0.324. The Morgan fingerprint density at radius 3 is 2.53 bits per heavy atom. The summed E-state index contributed by atoms with van der Waals surface area (Å²) in [6, 6.07) is 10.9. The molecule has 1 saturated heterocycles. The molecule has 5 nitrogen and oxygen atoms in total. The van der Waals surface area contributed by atoms with Crippen molar-refractivity contribution in [3.8, 4) is 11.1 Å². The molecule has 3 aromatic carbocycles. The lowest BCUT2D eigenvalue weighted by molar-refractivity contribution is -0.148. The van der Waals surface area contributed by atoms with Crippen LogP contribution in [0.1, 0.15) is 53.2 Å². The number of aliphatic hydroxyl groups is 1. The number of piperidine rings is 1. The fourth-order valence-corrected chi connectivity index (χ4v) is 6.15. The van der Waals surface area contributed by atoms with Gasteiger partial charge in [-0.15, -0.1) is 0 Å². The van der Waals surface area contributed by atoms with E-state index >= 15 is 8.78 Å². The van der Waals surface area contributed by atoms with Gasteiger partial charge in [0.2, 0.25) is 0 Å². The smallest absolute Gasteiger partial charge is 0.388 e. The maximum Gasteiger partial charge on any atom is 0.401 e. The average Bonchev–Trinajstić information content (AvgIpc) is 3.34. The van der Waals surface area contributed by atoms with Crippen LogP contribution in [0.5, 0.6) is 0 Å². The van der Waals surface area contributed by atoms with Gasteiger partial charge in [-0.05, 0) is 90.8 Å². The molecule has 0 spiro atoms. The molecule has 0 saturated carbocycles. The van der Waals surface area contributed by atoms with Crippen molar-refractivity contribution in [2.24, 2.45) is 4.99 Å². The van der Waals surface area contributed by atoms with Crippen molar-refractivity contribution in [1.82, 2.24) is 10.2 Å². The van der Waals surface area contributed by atoms with Gasteiger partial charge >= 0.3 is 6.18 Å². The van der Waals surface area contributed by atoms with E-state index in [-0.39, 0.29) is 17.3 Å². The van der Waals surface area contributed by atoms with Crippen molar-refractivity contribution < 1.29 is 27.1 Å². The van der Waals surface area contributed by atoms with Crippen LogP contribution in [0.2, 0.25) is 5.02 Å². The third kappa shape index (κ3) is 7.74. The Morgan fingerprint density at radius 1 is 1.09 bits per heavy atom. The molecular formula is C34H34ClF5N4O. The van der Waals surface area contributed by atoms with Gasteiger partial charge in [-0.2, -0.15) is 13.2 Å². The number of nitrogens with one attached hydrogen (secondary N) is 2. The summed E-state index contributed by atoms with van der Waals surface area (Å²) < 4.78 is 69.0. The van der Waals surface area contributed by atoms with Crippen LogP contribution in [0, 0.1) is 18.6 Å². The molecule has 1 unspecified atom stereocenters. The number of alkyl halides is 3. The highest BCUT2D eigenvalue weighted by molar-refractivity contribution is 6.30. The van der Waals surface area contributed by atoms with Crippen LogP contribution >= 0.6 is 11.6 Å². The summed E-state index contributed by atoms with van der Waals surface area (Å²) in [5.41, 5.74) is 4.17. The van der Waals surface area contributed by atoms with Crippen LogP contribution < -0.4 is 10.6 Å². The molecule has 2 aliphatic rings. The van der Waals surface area contributed by atoms with Crippen LogP contribution in [-0.4, -0.2) is 48.1 Å². The molecule has 0 bridgehead atoms. The van der Waals surface area contributed by atoms with Crippen LogP contribution in [0.25, 0.3) is 16.8 Å². The van der Waals surface area contributed by atoms with Crippen LogP contribution in [0.4, 0.5) is 27.6 Å². The minimum atomic E-state index is -4.22. The zero-order valence-corrected chi connectivity index (χ0v) is 25.5. The largest absolute Gasteiger partial charge is 0.401 e. The maximum atomic E-state index is 15.9. The Labute approximate surface area is 264 Å². The van der Waals surface area contributed by atoms with E-state index in [0.717, 1.165) is 16.7 Å². The van der Waals surface area contributed by atoms with Gasteiger partial charge in [-0.25, -0.2) is 13.8 Å². The highest BCUT2D eigenvalue weighted by Gasteiger charge is 2.32. The number of anilines is 1. The number of hydrogen-bond acceptors (Lipinski definition) is 5. The van der Waals surface area contributed by atoms with E-state index in [9.17, 15) is 18.3 Å². The van der Waals surface area contributed by atoms with Gasteiger partial charge in [0.25, 0.3) is 0 Å². The molecule has 238 valence electrons. The predicted molar refractivity (Wildman–Crippen MR) is 169 cm³/mol. The minimum Gasteiger partial charge on any atom is -0.388 e. The summed E-state index contributed by atoms with van der Waals surface area (Å²) in [7, 11) is 0. The van der Waals surface area contributed by atoms with E-state index in [1.807, 2.05) is 6.92 Å². The summed E-state index contributed by atoms with van der Waals surface area (Å²) in [6.45, 7) is 9.54. The number of aliphatic hydroxyl groups excluding tert-OH is 1. The number of aliphatic imine (C=N–C) groups is 1. The van der Waals surface area contributed by atoms with Gasteiger partial charge in [0, 0.05) is 41.6 Å². The van der Waals surface area contributed by atoms with Gasteiger partial charge in [0.1, 0.15) is 11.6 Å². The molecule has 0 amide bonds. The number of rotatable bonds is 9. The summed E-state index contributed by atoms with van der Waals surface area (Å²) in [6.07, 6.45) is -1.08. The monoisotopic (exact) mass is 644 g/mol. The molecule has 1 atom stereocenters. The Hall–Kier alpha value is -3.73. The number of likely N-dealkylation sites (tertiary alicyclic amines) is 1. The van der Waals surface area contributed by atoms with E-state index in [1.54, 1.807) is 36.5 Å². The summed E-state index contributed by atoms with van der Waals surface area (Å²) in [4.78, 5) is 5.76. The maximum absolute atomic E-state index is 15.9. The molecule has 3 N–H and O–H groups in total. The highest BCUT2D eigenvalue weighted by Crippen LogP contribution is 2.39. The number of nitrogens with zero attached hydrogens (tertiary/aromatic N) is 2. The molecule has 11 heteroatoms. The predicted octanol–water partition coefficient (Wildman–Crippen LogP) is 8.16. The van der Waals surface area contributed by atoms with Crippen molar-refractivity contribution in [1.29, 1.82) is 0 Å². The van der Waals surface area contributed by atoms with Gasteiger partial charge in [0.15, 0.2) is 5.82 Å². The SMILES string of the molecule is C=C(/N=C\c1cc(-c2c(F)ccc(NC(=C)c3cc(Cl)cc4c3CCC4O)c2F)ccc1C)NC1CCN(CC(F)(F)F)CC1. The van der Waals surface area contributed by atoms with E-state index in [2.05, 4.69) is 28.8 Å². The van der Waals surface area contributed by atoms with Gasteiger partial charge in [0.05, 0.1) is 23.9 Å². The van der Waals surface area contributed by atoms with Gasteiger partial charge in [-0.1, -0.05) is 36.9 Å². The zero-order valence-electron chi connectivity index (χ0n) is 24.7. The number of fused-ring (bicyclic) bond motifs is 1. The first-order chi connectivity index (χ1) is 21.3. The molecular weight excluding hydrogens is 611 g/mol. The summed E-state index contributed by atoms with van der Waals surface area (Å²) in [5.74, 6) is -1.20. The van der Waals surface area contributed by atoms with E-state index in [0.29, 0.717) is 72.0 Å². The van der Waals surface area contributed by atoms with Crippen LogP contribution in [0.15, 0.2) is 66.4 Å². The Morgan fingerprint density at radius 2 is 1.82 bits per heavy atom. The first-order valence-electron chi connectivity index (χ1n) is 14.6. The molecule has 45 heavy (non-hydrogen) atoms. The molecule has 1 aliphatic carbocycles. The molecule has 1 aliphatic heterocycles. The van der Waals surface area contributed by atoms with E-state index in [1.165, 1.54) is 17.0 Å². The summed E-state index contributed by atoms with van der Waals surface area (Å²) >= 11 is 6.28. The molecule has 1 heterocycles. The zero-order chi connectivity index (χ0) is 32.5. The minimum absolute atomic E-state index is 0.0262. The number of halogens is 6. The molecule has 5 rings (SSSR count). The second-order valence-electron chi connectivity index (χ2n) is 11.5. The standard InChI is InChI=1S/C34H34ClF5N4O/c1-19-4-5-22(14-23(19)17-41-21(3)43-25-10-12-44(13-11-25)18-34(38,39)40)32-29(36)7-8-30(33(32)37)42-20(2)27-15-24(35)16-28-26(27)6-9-31(28)45/h4-5,7-8,14-17,25,31,42-43,45H,2-3,6,9-13,18H2,1H3/b41-17-. The van der Waals surface area contributed by atoms with Crippen LogP contribution in [0.3, 0.4) is 0 Å². The highest BCUT2D eigenvalue weighted by atomic mass is 35.5. The fourth-order valence-electron chi connectivity index (χ4n) is 5.93. The lowest BCUT2D eigenvalue weighted by Gasteiger charge is -2.33. The summed E-state index contributed by atoms with van der Waals surface area (Å²) in [5, 5.41) is 16.9. The van der Waals surface area contributed by atoms with Crippen molar-refractivity contribution >= 4 is 29.2 Å². The lowest BCUT2D eigenvalue weighted by atomic mass is 9.98. The van der Waals surface area contributed by atoms with Crippen molar-refractivity contribution in [2.45, 2.75) is 50.9 Å². The normalized spacial score (nSPS) is 17.5. The second-order valence-corrected chi connectivity index (χ2v) is 12.0. The first-order valence-corrected chi connectivity index (χ1v) is 15.0. The third-order valence-corrected chi connectivity index (χ3v) is 8.48. The third-order valence-electron chi connectivity index (χ3n) is 8.27. The second kappa shape index (κ2) is 13.3. The Kier molecular flexibility index (Phi) is 9.67. The molecule has 0 aromatic heterocycles. The quantitative estimate of drug-likeness (QED) is 0.163. The lowest BCUT2D eigenvalue weighted by Crippen LogP contribution is -2.45. The first kappa shape index (κ1) is 32.7. The molecule has 1 fully saturated rings. The van der Waals surface area contributed by atoms with Gasteiger partial charge in [-0.3, -0.25) is 4.90 Å². The average molecular weight is 645 g/mol. The van der Waals surface area contributed by atoms with Crippen LogP contribution in [-0.2, 0) is 6.42 Å². The number of aryl methyl sites for hydroxylation is 1. The van der Waals surface area contributed by atoms with Gasteiger partial charge < -0.3 is 15.7 Å². The molecule has 0 radical (unpaired) electrons.